The zero-order chi connectivity index (χ0) is 65.0. The lowest BCUT2D eigenvalue weighted by Crippen LogP contribution is -2.13. The van der Waals surface area contributed by atoms with Gasteiger partial charge in [0.15, 0.2) is 44.3 Å². The molecule has 0 aliphatic rings. The molecule has 0 unspecified atom stereocenters. The molecule has 2 heterocycles. The van der Waals surface area contributed by atoms with Crippen LogP contribution in [0.2, 0.25) is 0 Å². The first-order valence-electron chi connectivity index (χ1n) is 31.1. The molecule has 0 saturated heterocycles. The van der Waals surface area contributed by atoms with Gasteiger partial charge in [-0.2, -0.15) is 0 Å². The van der Waals surface area contributed by atoms with E-state index in [-0.39, 0.29) is 11.8 Å². The number of aryl methyl sites for hydroxylation is 2. The number of nitrogens with zero attached hydrogens (tertiary/aromatic N) is 4. The maximum absolute atomic E-state index is 13.7. The van der Waals surface area contributed by atoms with Crippen molar-refractivity contribution in [1.82, 2.24) is 19.1 Å². The molecule has 0 fully saturated rings. The van der Waals surface area contributed by atoms with Gasteiger partial charge in [0, 0.05) is 67.4 Å². The van der Waals surface area contributed by atoms with Crippen LogP contribution in [-0.2, 0) is 72.4 Å². The van der Waals surface area contributed by atoms with Gasteiger partial charge in [-0.1, -0.05) is 51.5 Å². The summed E-state index contributed by atoms with van der Waals surface area (Å²) >= 11 is -2.62. The maximum Gasteiger partial charge on any atom is 0.248 e. The van der Waals surface area contributed by atoms with Gasteiger partial charge < -0.3 is 66.8 Å². The molecule has 2 amide bonds. The Morgan fingerprint density at radius 2 is 1.01 bits per heavy atom. The second-order valence-electron chi connectivity index (χ2n) is 21.5. The lowest BCUT2D eigenvalue weighted by atomic mass is 10.0. The number of methoxy groups -OCH3 is 4. The quantitative estimate of drug-likeness (QED) is 0.0209. The summed E-state index contributed by atoms with van der Waals surface area (Å²) in [7, 11) is 6.27. The highest BCUT2D eigenvalue weighted by atomic mass is 32.2. The molecule has 0 radical (unpaired) electrons. The Kier molecular flexibility index (Phi) is 27.5. The molecule has 20 heteroatoms. The van der Waals surface area contributed by atoms with E-state index in [0.29, 0.717) is 106 Å². The molecule has 92 heavy (non-hydrogen) atoms. The van der Waals surface area contributed by atoms with Gasteiger partial charge in [-0.05, 0) is 186 Å². The van der Waals surface area contributed by atoms with E-state index in [1.165, 1.54) is 12.2 Å². The average molecular weight is 1290 g/mol. The summed E-state index contributed by atoms with van der Waals surface area (Å²) in [4.78, 5) is 36.6. The van der Waals surface area contributed by atoms with Crippen LogP contribution in [0.25, 0.3) is 34.4 Å². The van der Waals surface area contributed by atoms with E-state index in [9.17, 15) is 18.7 Å². The minimum Gasteiger partial charge on any atom is -0.611 e. The molecule has 2 atom stereocenters. The summed E-state index contributed by atoms with van der Waals surface area (Å²) in [6, 6.07) is 37.2. The molecule has 8 aromatic rings. The van der Waals surface area contributed by atoms with Gasteiger partial charge in [0.2, 0.25) is 11.8 Å². The lowest BCUT2D eigenvalue weighted by Gasteiger charge is -2.14. The molecular formula is C72H84N6O12S2. The fourth-order valence-electron chi connectivity index (χ4n) is 10.1. The van der Waals surface area contributed by atoms with Crippen LogP contribution in [0.3, 0.4) is 0 Å². The highest BCUT2D eigenvalue weighted by Crippen LogP contribution is 2.39. The highest BCUT2D eigenvalue weighted by molar-refractivity contribution is 7.91. The van der Waals surface area contributed by atoms with Gasteiger partial charge in [-0.25, -0.2) is 9.97 Å². The predicted molar refractivity (Wildman–Crippen MR) is 364 cm³/mol. The number of amides is 2. The van der Waals surface area contributed by atoms with Gasteiger partial charge in [-0.3, -0.25) is 9.59 Å². The van der Waals surface area contributed by atoms with E-state index in [1.807, 2.05) is 83.6 Å². The standard InChI is InChI=1S/C72H84N6O12S2/c1-8-11-37-87-39-41-89-62-25-15-52(16-26-62)56-43-55(72(86-7)66(45-56)83-4)20-34-70(80)76-59-23-31-65(32-24-59)92(82)50-61-48-74-68(78(61)36-10-3)14-12-13-38-88-40-42-90-63-27-17-53(18-28-63)57-44-54(71(85-6)67(46-57)84-5)19-33-69(79)75-58-21-29-64(30-22-58)91(81)49-60-47-73-51-77(60)35-9-2/h15-34,43-48,51H,8-14,35-42,49-50H2,1-7H3,(H,75,79)(H,76,80)/b33-19+,34-20+/t91-,92+/m0/s1. The molecule has 0 aliphatic carbocycles. The van der Waals surface area contributed by atoms with Crippen molar-refractivity contribution in [2.24, 2.45) is 0 Å². The second kappa shape index (κ2) is 36.5. The Bertz CT molecular complexity index is 3650. The first-order chi connectivity index (χ1) is 44.9. The fourth-order valence-corrected chi connectivity index (χ4v) is 12.3. The van der Waals surface area contributed by atoms with Crippen LogP contribution in [0.15, 0.2) is 162 Å². The number of unbranched alkanes of at least 4 members (excludes halogenated alkanes) is 2. The van der Waals surface area contributed by atoms with E-state index >= 15 is 0 Å². The summed E-state index contributed by atoms with van der Waals surface area (Å²) < 4.78 is 77.3. The number of imidazole rings is 2. The lowest BCUT2D eigenvalue weighted by molar-refractivity contribution is -0.112. The summed E-state index contributed by atoms with van der Waals surface area (Å²) in [6.07, 6.45) is 18.1. The normalized spacial score (nSPS) is 12.1. The van der Waals surface area contributed by atoms with Crippen LogP contribution in [0.4, 0.5) is 11.4 Å². The van der Waals surface area contributed by atoms with Gasteiger partial charge >= 0.3 is 0 Å². The SMILES string of the molecule is CCCCOCCOc1ccc(-c2cc(/C=C/C(=O)Nc3ccc([S@+]([O-])Cc4cnc(CCCCOCCOc5ccc(-c6cc(/C=C/C(=O)Nc7ccc([S@@+]([O-])Cc8cncn8CCC)cc7)c(OC)c(OC)c6)cc5)n4CCC)cc3)c(OC)c(OC)c2)cc1. The maximum atomic E-state index is 13.7. The number of rotatable bonds is 38. The largest absolute Gasteiger partial charge is 0.611 e. The van der Waals surface area contributed by atoms with Crippen LogP contribution < -0.4 is 39.1 Å². The first kappa shape index (κ1) is 69.4. The van der Waals surface area contributed by atoms with Crippen molar-refractivity contribution in [1.29, 1.82) is 0 Å². The second-order valence-corrected chi connectivity index (χ2v) is 24.4. The number of hydrogen-bond acceptors (Lipinski definition) is 14. The number of carbonyl (C=O) groups excluding carboxylic acids is 2. The van der Waals surface area contributed by atoms with Crippen molar-refractivity contribution in [2.75, 3.05) is 78.7 Å². The Labute approximate surface area is 546 Å². The summed E-state index contributed by atoms with van der Waals surface area (Å²) in [5.41, 5.74) is 7.85. The molecular weight excluding hydrogens is 1200 g/mol. The number of aromatic nitrogens is 4. The number of carbonyl (C=O) groups is 2. The number of ether oxygens (including phenoxy) is 8. The number of benzene rings is 6. The third kappa shape index (κ3) is 20.2. The van der Waals surface area contributed by atoms with E-state index < -0.39 is 22.4 Å². The van der Waals surface area contributed by atoms with Crippen LogP contribution in [0.1, 0.15) is 87.6 Å². The van der Waals surface area contributed by atoms with Gasteiger partial charge in [0.05, 0.1) is 71.8 Å². The van der Waals surface area contributed by atoms with E-state index in [4.69, 9.17) is 42.9 Å². The molecule has 486 valence electrons. The Morgan fingerprint density at radius 1 is 0.522 bits per heavy atom. The summed E-state index contributed by atoms with van der Waals surface area (Å²) in [5.74, 6) is 4.40. The zero-order valence-electron chi connectivity index (χ0n) is 53.6. The Hall–Kier alpha value is -8.50. The van der Waals surface area contributed by atoms with Crippen LogP contribution in [-0.4, -0.2) is 108 Å². The number of nitrogens with one attached hydrogen (secondary N) is 2. The van der Waals surface area contributed by atoms with Crippen LogP contribution in [0.5, 0.6) is 34.5 Å². The van der Waals surface area contributed by atoms with Gasteiger partial charge in [0.25, 0.3) is 0 Å². The smallest absolute Gasteiger partial charge is 0.248 e. The third-order valence-corrected chi connectivity index (χ3v) is 17.6. The van der Waals surface area contributed by atoms with E-state index in [1.54, 1.807) is 102 Å². The highest BCUT2D eigenvalue weighted by Gasteiger charge is 2.20. The van der Waals surface area contributed by atoms with Gasteiger partial charge in [-0.15, -0.1) is 0 Å². The van der Waals surface area contributed by atoms with Crippen LogP contribution in [0, 0.1) is 0 Å². The molecule has 18 nitrogen and oxygen atoms in total. The summed E-state index contributed by atoms with van der Waals surface area (Å²) in [5, 5.41) is 5.79. The molecule has 0 spiro atoms. The molecule has 0 bridgehead atoms. The van der Waals surface area contributed by atoms with Crippen molar-refractivity contribution in [3.05, 3.63) is 181 Å². The van der Waals surface area contributed by atoms with Crippen LogP contribution >= 0.6 is 0 Å². The topological polar surface area (TPSA) is 214 Å². The molecule has 0 aliphatic heterocycles. The van der Waals surface area contributed by atoms with Crippen molar-refractivity contribution < 1.29 is 56.6 Å². The Balaban J connectivity index is 0.751. The van der Waals surface area contributed by atoms with Crippen molar-refractivity contribution >= 4 is 57.7 Å². The third-order valence-electron chi connectivity index (χ3n) is 14.9. The fraction of sp³-hybridized carbons (Fsp3) is 0.333. The predicted octanol–water partition coefficient (Wildman–Crippen LogP) is 13.8. The molecule has 2 N–H and O–H groups in total. The molecule has 8 rings (SSSR count). The molecule has 0 saturated carbocycles. The Morgan fingerprint density at radius 3 is 1.48 bits per heavy atom. The zero-order valence-corrected chi connectivity index (χ0v) is 55.2. The van der Waals surface area contributed by atoms with Crippen molar-refractivity contribution in [3.63, 3.8) is 0 Å². The van der Waals surface area contributed by atoms with E-state index in [0.717, 1.165) is 110 Å². The minimum atomic E-state index is -1.35. The van der Waals surface area contributed by atoms with E-state index in [2.05, 4.69) is 41.0 Å². The molecule has 6 aromatic carbocycles. The summed E-state index contributed by atoms with van der Waals surface area (Å²) in [6.45, 7) is 11.0. The number of hydrogen-bond donors (Lipinski definition) is 2. The van der Waals surface area contributed by atoms with Crippen molar-refractivity contribution in [3.8, 4) is 56.8 Å². The van der Waals surface area contributed by atoms with Crippen molar-refractivity contribution in [2.45, 2.75) is 100 Å². The van der Waals surface area contributed by atoms with Gasteiger partial charge in [0.1, 0.15) is 30.5 Å². The average Bonchev–Trinajstić information content (AvgIpc) is 1.51. The minimum absolute atomic E-state index is 0.306. The monoisotopic (exact) mass is 1290 g/mol. The molecule has 2 aromatic heterocycles. The number of anilines is 2. The first-order valence-corrected chi connectivity index (χ1v) is 33.7.